The van der Waals surface area contributed by atoms with E-state index in [4.69, 9.17) is 11.6 Å². The van der Waals surface area contributed by atoms with Crippen LogP contribution in [0.2, 0.25) is 5.15 Å². The van der Waals surface area contributed by atoms with Gasteiger partial charge in [-0.15, -0.1) is 11.3 Å². The van der Waals surface area contributed by atoms with Gasteiger partial charge in [0.1, 0.15) is 5.01 Å². The molecular formula is C8H6ClN3OS. The Morgan fingerprint density at radius 2 is 2.29 bits per heavy atom. The Morgan fingerprint density at radius 1 is 1.43 bits per heavy atom. The molecule has 0 fully saturated rings. The maximum absolute atomic E-state index is 11.4. The minimum Gasteiger partial charge on any atom is -0.304 e. The SMILES string of the molecule is O=c1c(Cl)nccn1Cc1nccs1. The molecule has 0 aliphatic rings. The molecule has 2 aromatic rings. The molecule has 2 aromatic heterocycles. The fraction of sp³-hybridized carbons (Fsp3) is 0.125. The third-order valence-electron chi connectivity index (χ3n) is 1.66. The van der Waals surface area contributed by atoms with Gasteiger partial charge in [0.05, 0.1) is 6.54 Å². The molecule has 0 aliphatic heterocycles. The van der Waals surface area contributed by atoms with Crippen molar-refractivity contribution in [3.8, 4) is 0 Å². The van der Waals surface area contributed by atoms with Crippen LogP contribution in [0, 0.1) is 0 Å². The van der Waals surface area contributed by atoms with Crippen LogP contribution in [0.1, 0.15) is 5.01 Å². The first-order valence-electron chi connectivity index (χ1n) is 3.86. The topological polar surface area (TPSA) is 47.8 Å². The Hall–Kier alpha value is -1.20. The lowest BCUT2D eigenvalue weighted by molar-refractivity contribution is 0.743. The molecule has 6 heteroatoms. The number of aromatic nitrogens is 3. The molecule has 0 aliphatic carbocycles. The van der Waals surface area contributed by atoms with Gasteiger partial charge in [0.25, 0.3) is 5.56 Å². The molecular weight excluding hydrogens is 222 g/mol. The van der Waals surface area contributed by atoms with Crippen molar-refractivity contribution in [2.24, 2.45) is 0 Å². The van der Waals surface area contributed by atoms with Gasteiger partial charge >= 0.3 is 0 Å². The van der Waals surface area contributed by atoms with E-state index >= 15 is 0 Å². The average molecular weight is 228 g/mol. The van der Waals surface area contributed by atoms with Crippen molar-refractivity contribution in [2.45, 2.75) is 6.54 Å². The lowest BCUT2D eigenvalue weighted by Crippen LogP contribution is -2.21. The third kappa shape index (κ3) is 1.83. The highest BCUT2D eigenvalue weighted by molar-refractivity contribution is 7.09. The van der Waals surface area contributed by atoms with E-state index in [-0.39, 0.29) is 10.7 Å². The monoisotopic (exact) mass is 227 g/mol. The number of halogens is 1. The summed E-state index contributed by atoms with van der Waals surface area (Å²) in [6.45, 7) is 0.443. The summed E-state index contributed by atoms with van der Waals surface area (Å²) in [4.78, 5) is 19.2. The van der Waals surface area contributed by atoms with E-state index in [1.807, 2.05) is 5.38 Å². The summed E-state index contributed by atoms with van der Waals surface area (Å²) in [5.74, 6) is 0. The summed E-state index contributed by atoms with van der Waals surface area (Å²) in [6, 6.07) is 0. The van der Waals surface area contributed by atoms with Gasteiger partial charge in [-0.25, -0.2) is 9.97 Å². The fourth-order valence-electron chi connectivity index (χ4n) is 1.02. The standard InChI is InChI=1S/C8H6ClN3OS/c9-7-8(13)12(3-1-11-7)5-6-10-2-4-14-6/h1-4H,5H2. The summed E-state index contributed by atoms with van der Waals surface area (Å²) >= 11 is 7.09. The number of nitrogens with zero attached hydrogens (tertiary/aromatic N) is 3. The summed E-state index contributed by atoms with van der Waals surface area (Å²) in [5, 5.41) is 2.72. The normalized spacial score (nSPS) is 10.4. The number of hydrogen-bond acceptors (Lipinski definition) is 4. The number of hydrogen-bond donors (Lipinski definition) is 0. The molecule has 0 bridgehead atoms. The zero-order chi connectivity index (χ0) is 9.97. The molecule has 2 heterocycles. The summed E-state index contributed by atoms with van der Waals surface area (Å²) in [6.07, 6.45) is 4.79. The van der Waals surface area contributed by atoms with Crippen molar-refractivity contribution >= 4 is 22.9 Å². The first-order valence-corrected chi connectivity index (χ1v) is 5.12. The van der Waals surface area contributed by atoms with Crippen LogP contribution >= 0.6 is 22.9 Å². The second kappa shape index (κ2) is 3.89. The van der Waals surface area contributed by atoms with Crippen molar-refractivity contribution in [3.05, 3.63) is 44.5 Å². The van der Waals surface area contributed by atoms with Crippen molar-refractivity contribution in [1.82, 2.24) is 14.5 Å². The molecule has 0 radical (unpaired) electrons. The van der Waals surface area contributed by atoms with E-state index in [1.165, 1.54) is 22.1 Å². The van der Waals surface area contributed by atoms with Crippen LogP contribution in [0.5, 0.6) is 0 Å². The molecule has 0 N–H and O–H groups in total. The Kier molecular flexibility index (Phi) is 2.60. The van der Waals surface area contributed by atoms with E-state index < -0.39 is 0 Å². The Labute approximate surface area is 88.8 Å². The molecule has 0 atom stereocenters. The van der Waals surface area contributed by atoms with Gasteiger partial charge in [-0.05, 0) is 0 Å². The van der Waals surface area contributed by atoms with Gasteiger partial charge in [0, 0.05) is 24.0 Å². The van der Waals surface area contributed by atoms with Gasteiger partial charge < -0.3 is 4.57 Å². The molecule has 2 rings (SSSR count). The molecule has 0 saturated carbocycles. The molecule has 0 saturated heterocycles. The van der Waals surface area contributed by atoms with Crippen LogP contribution in [0.15, 0.2) is 28.8 Å². The van der Waals surface area contributed by atoms with Crippen LogP contribution in [0.3, 0.4) is 0 Å². The minimum absolute atomic E-state index is 0.0101. The predicted octanol–water partition coefficient (Wildman–Crippen LogP) is 1.40. The molecule has 0 spiro atoms. The molecule has 14 heavy (non-hydrogen) atoms. The van der Waals surface area contributed by atoms with Crippen LogP contribution in [-0.4, -0.2) is 14.5 Å². The van der Waals surface area contributed by atoms with Crippen LogP contribution < -0.4 is 5.56 Å². The van der Waals surface area contributed by atoms with E-state index in [0.29, 0.717) is 6.54 Å². The van der Waals surface area contributed by atoms with Crippen molar-refractivity contribution in [3.63, 3.8) is 0 Å². The molecule has 4 nitrogen and oxygen atoms in total. The maximum Gasteiger partial charge on any atom is 0.288 e. The van der Waals surface area contributed by atoms with Crippen molar-refractivity contribution in [1.29, 1.82) is 0 Å². The third-order valence-corrected chi connectivity index (χ3v) is 2.68. The van der Waals surface area contributed by atoms with E-state index in [0.717, 1.165) is 5.01 Å². The summed E-state index contributed by atoms with van der Waals surface area (Å²) < 4.78 is 1.48. The molecule has 72 valence electrons. The molecule has 0 amide bonds. The first-order chi connectivity index (χ1) is 6.77. The summed E-state index contributed by atoms with van der Waals surface area (Å²) in [5.41, 5.74) is -0.288. The van der Waals surface area contributed by atoms with Crippen LogP contribution in [0.25, 0.3) is 0 Å². The van der Waals surface area contributed by atoms with Gasteiger partial charge in [-0.1, -0.05) is 11.6 Å². The zero-order valence-corrected chi connectivity index (χ0v) is 8.63. The lowest BCUT2D eigenvalue weighted by atomic mass is 10.6. The average Bonchev–Trinajstić information content (AvgIpc) is 2.66. The molecule has 0 unspecified atom stereocenters. The quantitative estimate of drug-likeness (QED) is 0.779. The highest BCUT2D eigenvalue weighted by Gasteiger charge is 2.03. The Bertz CT molecular complexity index is 480. The van der Waals surface area contributed by atoms with Gasteiger partial charge in [-0.3, -0.25) is 4.79 Å². The Morgan fingerprint density at radius 3 is 3.00 bits per heavy atom. The second-order valence-electron chi connectivity index (χ2n) is 2.58. The number of thiazole rings is 1. The Balaban J connectivity index is 2.34. The largest absolute Gasteiger partial charge is 0.304 e. The maximum atomic E-state index is 11.4. The van der Waals surface area contributed by atoms with Crippen molar-refractivity contribution in [2.75, 3.05) is 0 Å². The smallest absolute Gasteiger partial charge is 0.288 e. The van der Waals surface area contributed by atoms with Crippen molar-refractivity contribution < 1.29 is 0 Å². The van der Waals surface area contributed by atoms with E-state index in [2.05, 4.69) is 9.97 Å². The first kappa shape index (κ1) is 9.36. The van der Waals surface area contributed by atoms with E-state index in [1.54, 1.807) is 12.4 Å². The van der Waals surface area contributed by atoms with Crippen LogP contribution in [0.4, 0.5) is 0 Å². The summed E-state index contributed by atoms with van der Waals surface area (Å²) in [7, 11) is 0. The second-order valence-corrected chi connectivity index (χ2v) is 3.91. The predicted molar refractivity (Wildman–Crippen MR) is 54.7 cm³/mol. The lowest BCUT2D eigenvalue weighted by Gasteiger charge is -2.01. The van der Waals surface area contributed by atoms with E-state index in [9.17, 15) is 4.79 Å². The van der Waals surface area contributed by atoms with Gasteiger partial charge in [0.15, 0.2) is 5.15 Å². The van der Waals surface area contributed by atoms with Crippen LogP contribution in [-0.2, 0) is 6.54 Å². The van der Waals surface area contributed by atoms with Gasteiger partial charge in [0.2, 0.25) is 0 Å². The zero-order valence-electron chi connectivity index (χ0n) is 7.05. The molecule has 0 aromatic carbocycles. The highest BCUT2D eigenvalue weighted by Crippen LogP contribution is 2.05. The minimum atomic E-state index is -0.288. The fourth-order valence-corrected chi connectivity index (χ4v) is 1.80. The highest BCUT2D eigenvalue weighted by atomic mass is 35.5. The number of rotatable bonds is 2. The van der Waals surface area contributed by atoms with Gasteiger partial charge in [-0.2, -0.15) is 0 Å².